The zero-order chi connectivity index (χ0) is 13.5. The number of carbonyl (C=O) groups is 1. The van der Waals surface area contributed by atoms with Crippen molar-refractivity contribution in [2.75, 3.05) is 20.2 Å². The van der Waals surface area contributed by atoms with Crippen molar-refractivity contribution in [3.8, 4) is 0 Å². The van der Waals surface area contributed by atoms with Crippen molar-refractivity contribution in [2.45, 2.75) is 64.6 Å². The lowest BCUT2D eigenvalue weighted by Gasteiger charge is -2.25. The molecule has 0 bridgehead atoms. The summed E-state index contributed by atoms with van der Waals surface area (Å²) in [5.41, 5.74) is 0. The van der Waals surface area contributed by atoms with Crippen LogP contribution in [0.25, 0.3) is 0 Å². The van der Waals surface area contributed by atoms with E-state index in [0.717, 1.165) is 25.6 Å². The topological polar surface area (TPSA) is 41.6 Å². The Kier molecular flexibility index (Phi) is 6.65. The molecule has 1 fully saturated rings. The third-order valence-electron chi connectivity index (χ3n) is 3.30. The maximum Gasteiger partial charge on any atom is 0.322 e. The molecule has 0 aromatic rings. The van der Waals surface area contributed by atoms with E-state index in [1.807, 2.05) is 0 Å². The fourth-order valence-electron chi connectivity index (χ4n) is 2.31. The molecule has 0 aliphatic heterocycles. The summed E-state index contributed by atoms with van der Waals surface area (Å²) >= 11 is 0. The highest BCUT2D eigenvalue weighted by molar-refractivity contribution is 5.75. The molecule has 1 aliphatic rings. The highest BCUT2D eigenvalue weighted by Crippen LogP contribution is 2.27. The van der Waals surface area contributed by atoms with Gasteiger partial charge >= 0.3 is 5.97 Å². The third kappa shape index (κ3) is 5.36. The highest BCUT2D eigenvalue weighted by Gasteiger charge is 2.29. The van der Waals surface area contributed by atoms with E-state index in [9.17, 15) is 4.79 Å². The molecule has 4 heteroatoms. The van der Waals surface area contributed by atoms with Crippen LogP contribution < -0.4 is 5.32 Å². The summed E-state index contributed by atoms with van der Waals surface area (Å²) < 4.78 is 4.86. The zero-order valence-electron chi connectivity index (χ0n) is 12.2. The highest BCUT2D eigenvalue weighted by atomic mass is 16.5. The van der Waals surface area contributed by atoms with Gasteiger partial charge in [-0.3, -0.25) is 4.79 Å². The smallest absolute Gasteiger partial charge is 0.322 e. The van der Waals surface area contributed by atoms with Gasteiger partial charge in [0.2, 0.25) is 0 Å². The number of hydrogen-bond acceptors (Lipinski definition) is 4. The number of nitrogens with zero attached hydrogens (tertiary/aromatic N) is 1. The molecule has 1 atom stereocenters. The Bertz CT molecular complexity index is 252. The van der Waals surface area contributed by atoms with Crippen LogP contribution in [0.2, 0.25) is 0 Å². The molecule has 1 N–H and O–H groups in total. The van der Waals surface area contributed by atoms with Crippen LogP contribution in [0.5, 0.6) is 0 Å². The number of methoxy groups -OCH3 is 1. The van der Waals surface area contributed by atoms with Crippen LogP contribution in [0.4, 0.5) is 0 Å². The van der Waals surface area contributed by atoms with E-state index in [0.29, 0.717) is 6.04 Å². The number of carbonyl (C=O) groups excluding carboxylic acids is 1. The monoisotopic (exact) mass is 256 g/mol. The van der Waals surface area contributed by atoms with Gasteiger partial charge in [0.25, 0.3) is 0 Å². The minimum atomic E-state index is -0.173. The van der Waals surface area contributed by atoms with Crippen LogP contribution in [0.3, 0.4) is 0 Å². The fraction of sp³-hybridized carbons (Fsp3) is 0.929. The molecule has 0 radical (unpaired) electrons. The molecule has 4 nitrogen and oxygen atoms in total. The third-order valence-corrected chi connectivity index (χ3v) is 3.30. The van der Waals surface area contributed by atoms with E-state index in [-0.39, 0.29) is 12.0 Å². The van der Waals surface area contributed by atoms with Crippen molar-refractivity contribution >= 4 is 5.97 Å². The first-order valence-electron chi connectivity index (χ1n) is 7.16. The normalized spacial score (nSPS) is 17.2. The van der Waals surface area contributed by atoms with Crippen LogP contribution in [0.1, 0.15) is 46.5 Å². The second kappa shape index (κ2) is 7.74. The Morgan fingerprint density at radius 2 is 2.06 bits per heavy atom. The maximum atomic E-state index is 11.7. The SMILES string of the molecule is CCCN(CCC(NC(C)C)C(=O)OC)C1CC1. The lowest BCUT2D eigenvalue weighted by molar-refractivity contribution is -0.143. The second-order valence-corrected chi connectivity index (χ2v) is 5.45. The summed E-state index contributed by atoms with van der Waals surface area (Å²) in [4.78, 5) is 14.2. The summed E-state index contributed by atoms with van der Waals surface area (Å²) in [7, 11) is 1.46. The predicted molar refractivity (Wildman–Crippen MR) is 73.6 cm³/mol. The first-order valence-corrected chi connectivity index (χ1v) is 7.16. The largest absolute Gasteiger partial charge is 0.468 e. The molecule has 1 aliphatic carbocycles. The standard InChI is InChI=1S/C14H28N2O2/c1-5-9-16(12-6-7-12)10-8-13(14(17)18-4)15-11(2)3/h11-13,15H,5-10H2,1-4H3. The molecule has 0 saturated heterocycles. The van der Waals surface area contributed by atoms with Crippen molar-refractivity contribution in [1.82, 2.24) is 10.2 Å². The average Bonchev–Trinajstić information content (AvgIpc) is 3.15. The van der Waals surface area contributed by atoms with Gasteiger partial charge in [-0.1, -0.05) is 20.8 Å². The molecule has 0 amide bonds. The molecule has 106 valence electrons. The van der Waals surface area contributed by atoms with Crippen molar-refractivity contribution in [2.24, 2.45) is 0 Å². The summed E-state index contributed by atoms with van der Waals surface area (Å²) in [6.45, 7) is 8.44. The first kappa shape index (κ1) is 15.4. The molecule has 1 unspecified atom stereocenters. The summed E-state index contributed by atoms with van der Waals surface area (Å²) in [6, 6.07) is 0.894. The Morgan fingerprint density at radius 3 is 2.50 bits per heavy atom. The van der Waals surface area contributed by atoms with Crippen LogP contribution >= 0.6 is 0 Å². The maximum absolute atomic E-state index is 11.7. The molecular formula is C14H28N2O2. The first-order chi connectivity index (χ1) is 8.58. The van der Waals surface area contributed by atoms with E-state index in [2.05, 4.69) is 31.0 Å². The lowest BCUT2D eigenvalue weighted by atomic mass is 10.1. The van der Waals surface area contributed by atoms with Crippen molar-refractivity contribution < 1.29 is 9.53 Å². The quantitative estimate of drug-likeness (QED) is 0.639. The summed E-state index contributed by atoms with van der Waals surface area (Å²) in [5, 5.41) is 3.29. The van der Waals surface area contributed by atoms with Crippen LogP contribution in [0, 0.1) is 0 Å². The van der Waals surface area contributed by atoms with E-state index >= 15 is 0 Å². The van der Waals surface area contributed by atoms with Crippen molar-refractivity contribution in [3.63, 3.8) is 0 Å². The molecule has 18 heavy (non-hydrogen) atoms. The number of esters is 1. The minimum Gasteiger partial charge on any atom is -0.468 e. The molecule has 0 spiro atoms. The average molecular weight is 256 g/mol. The van der Waals surface area contributed by atoms with E-state index in [4.69, 9.17) is 4.74 Å². The van der Waals surface area contributed by atoms with Crippen molar-refractivity contribution in [1.29, 1.82) is 0 Å². The Balaban J connectivity index is 2.41. The number of rotatable bonds is 9. The minimum absolute atomic E-state index is 0.143. The predicted octanol–water partition coefficient (Wildman–Crippen LogP) is 1.79. The van der Waals surface area contributed by atoms with Crippen LogP contribution in [0.15, 0.2) is 0 Å². The van der Waals surface area contributed by atoms with Crippen LogP contribution in [-0.4, -0.2) is 49.2 Å². The Hall–Kier alpha value is -0.610. The van der Waals surface area contributed by atoms with Gasteiger partial charge in [0, 0.05) is 18.6 Å². The summed E-state index contributed by atoms with van der Waals surface area (Å²) in [5.74, 6) is -0.143. The molecular weight excluding hydrogens is 228 g/mol. The number of nitrogens with one attached hydrogen (secondary N) is 1. The molecule has 0 aromatic heterocycles. The van der Waals surface area contributed by atoms with Gasteiger partial charge in [0.05, 0.1) is 7.11 Å². The number of ether oxygens (including phenoxy) is 1. The Labute approximate surface area is 111 Å². The zero-order valence-corrected chi connectivity index (χ0v) is 12.2. The van der Waals surface area contributed by atoms with E-state index in [1.165, 1.54) is 26.4 Å². The molecule has 1 rings (SSSR count). The Morgan fingerprint density at radius 1 is 1.39 bits per heavy atom. The van der Waals surface area contributed by atoms with Gasteiger partial charge in [-0.05, 0) is 32.2 Å². The fourth-order valence-corrected chi connectivity index (χ4v) is 2.31. The molecule has 0 heterocycles. The molecule has 0 aromatic carbocycles. The van der Waals surface area contributed by atoms with Gasteiger partial charge < -0.3 is 15.0 Å². The van der Waals surface area contributed by atoms with Gasteiger partial charge in [-0.2, -0.15) is 0 Å². The summed E-state index contributed by atoms with van der Waals surface area (Å²) in [6.07, 6.45) is 4.65. The van der Waals surface area contributed by atoms with Crippen molar-refractivity contribution in [3.05, 3.63) is 0 Å². The second-order valence-electron chi connectivity index (χ2n) is 5.45. The van der Waals surface area contributed by atoms with E-state index in [1.54, 1.807) is 0 Å². The van der Waals surface area contributed by atoms with Gasteiger partial charge in [0.15, 0.2) is 0 Å². The van der Waals surface area contributed by atoms with Gasteiger partial charge in [0.1, 0.15) is 6.04 Å². The molecule has 1 saturated carbocycles. The van der Waals surface area contributed by atoms with Gasteiger partial charge in [-0.15, -0.1) is 0 Å². The lowest BCUT2D eigenvalue weighted by Crippen LogP contribution is -2.44. The van der Waals surface area contributed by atoms with Crippen LogP contribution in [-0.2, 0) is 9.53 Å². The number of hydrogen-bond donors (Lipinski definition) is 1. The van der Waals surface area contributed by atoms with E-state index < -0.39 is 0 Å². The van der Waals surface area contributed by atoms with Gasteiger partial charge in [-0.25, -0.2) is 0 Å².